The molecule has 0 bridgehead atoms. The summed E-state index contributed by atoms with van der Waals surface area (Å²) in [7, 11) is 9.82. The number of pyridine rings is 1. The standard InChI is InChI=1S/C44H61N3O6/c1-32-28-34(43(48)50-7)29-33(2)42(32)53-44(49)41-37-30-35(51-26-18-14-10-8-12-16-24-46(3)4)20-22-39(37)45-40-23-21-36(31-38(40)41)52-27-19-15-11-9-13-17-25-47(5)6/h20-23,28-31H,8-19,24-27H2,1-7H3. The zero-order valence-corrected chi connectivity index (χ0v) is 33.2. The first-order chi connectivity index (χ1) is 25.6. The van der Waals surface area contributed by atoms with Crippen molar-refractivity contribution >= 4 is 33.7 Å². The molecule has 53 heavy (non-hydrogen) atoms. The van der Waals surface area contributed by atoms with Gasteiger partial charge in [0.05, 0.1) is 42.5 Å². The number of ether oxygens (including phenoxy) is 4. The van der Waals surface area contributed by atoms with Crippen LogP contribution in [0.15, 0.2) is 48.5 Å². The third kappa shape index (κ3) is 13.0. The van der Waals surface area contributed by atoms with Crippen molar-refractivity contribution in [3.8, 4) is 17.2 Å². The average Bonchev–Trinajstić information content (AvgIpc) is 3.13. The molecule has 0 fully saturated rings. The van der Waals surface area contributed by atoms with E-state index in [1.54, 1.807) is 12.1 Å². The molecular weight excluding hydrogens is 666 g/mol. The van der Waals surface area contributed by atoms with E-state index >= 15 is 0 Å². The van der Waals surface area contributed by atoms with E-state index in [1.807, 2.05) is 50.2 Å². The number of hydrogen-bond acceptors (Lipinski definition) is 9. The summed E-state index contributed by atoms with van der Waals surface area (Å²) >= 11 is 0. The second-order valence-electron chi connectivity index (χ2n) is 14.7. The lowest BCUT2D eigenvalue weighted by Gasteiger charge is -2.16. The molecule has 0 spiro atoms. The molecule has 0 saturated heterocycles. The Labute approximate surface area is 316 Å². The molecule has 0 aliphatic rings. The summed E-state index contributed by atoms with van der Waals surface area (Å²) in [6, 6.07) is 14.8. The second-order valence-corrected chi connectivity index (χ2v) is 14.7. The molecule has 1 heterocycles. The van der Waals surface area contributed by atoms with Gasteiger partial charge in [-0.1, -0.05) is 51.4 Å². The minimum atomic E-state index is -0.516. The van der Waals surface area contributed by atoms with Gasteiger partial charge >= 0.3 is 11.9 Å². The minimum absolute atomic E-state index is 0.396. The highest BCUT2D eigenvalue weighted by molar-refractivity contribution is 6.15. The second kappa shape index (κ2) is 21.5. The number of aryl methyl sites for hydroxylation is 2. The quantitative estimate of drug-likeness (QED) is 0.0321. The Kier molecular flexibility index (Phi) is 16.8. The Bertz CT molecular complexity index is 1680. The maximum atomic E-state index is 14.3. The van der Waals surface area contributed by atoms with E-state index in [9.17, 15) is 9.59 Å². The number of carbonyl (C=O) groups excluding carboxylic acids is 2. The van der Waals surface area contributed by atoms with Crippen LogP contribution in [0.1, 0.15) is 109 Å². The number of hydrogen-bond donors (Lipinski definition) is 0. The highest BCUT2D eigenvalue weighted by atomic mass is 16.5. The van der Waals surface area contributed by atoms with Crippen LogP contribution in [0, 0.1) is 13.8 Å². The predicted octanol–water partition coefficient (Wildman–Crippen LogP) is 9.57. The molecule has 0 unspecified atom stereocenters. The van der Waals surface area contributed by atoms with Crippen molar-refractivity contribution in [3.63, 3.8) is 0 Å². The molecule has 9 nitrogen and oxygen atoms in total. The van der Waals surface area contributed by atoms with E-state index < -0.39 is 11.9 Å². The topological polar surface area (TPSA) is 90.4 Å². The van der Waals surface area contributed by atoms with Crippen LogP contribution in [-0.4, -0.2) is 88.3 Å². The Morgan fingerprint density at radius 3 is 1.45 bits per heavy atom. The SMILES string of the molecule is COC(=O)c1cc(C)c(OC(=O)c2c3cc(OCCCCCCCCN(C)C)ccc3nc3ccc(OCCCCCCCCN(C)C)cc23)c(C)c1. The van der Waals surface area contributed by atoms with E-state index in [4.69, 9.17) is 23.9 Å². The minimum Gasteiger partial charge on any atom is -0.494 e. The molecular formula is C44H61N3O6. The van der Waals surface area contributed by atoms with Crippen molar-refractivity contribution in [2.45, 2.75) is 90.9 Å². The lowest BCUT2D eigenvalue weighted by molar-refractivity contribution is 0.0600. The van der Waals surface area contributed by atoms with Gasteiger partial charge in [-0.3, -0.25) is 0 Å². The molecule has 0 amide bonds. The normalized spacial score (nSPS) is 11.5. The zero-order chi connectivity index (χ0) is 38.2. The number of rotatable bonds is 23. The number of methoxy groups -OCH3 is 1. The van der Waals surface area contributed by atoms with Gasteiger partial charge < -0.3 is 28.7 Å². The van der Waals surface area contributed by atoms with E-state index in [2.05, 4.69) is 38.0 Å². The summed E-state index contributed by atoms with van der Waals surface area (Å²) in [5.74, 6) is 0.812. The highest BCUT2D eigenvalue weighted by Crippen LogP contribution is 2.34. The highest BCUT2D eigenvalue weighted by Gasteiger charge is 2.22. The van der Waals surface area contributed by atoms with Crippen molar-refractivity contribution in [1.29, 1.82) is 0 Å². The van der Waals surface area contributed by atoms with Crippen molar-refractivity contribution in [2.24, 2.45) is 0 Å². The fourth-order valence-corrected chi connectivity index (χ4v) is 6.65. The van der Waals surface area contributed by atoms with Crippen LogP contribution in [0.25, 0.3) is 21.8 Å². The van der Waals surface area contributed by atoms with Crippen LogP contribution < -0.4 is 14.2 Å². The van der Waals surface area contributed by atoms with Crippen molar-refractivity contribution in [2.75, 3.05) is 61.6 Å². The predicted molar refractivity (Wildman–Crippen MR) is 215 cm³/mol. The Hall–Kier alpha value is -4.21. The third-order valence-corrected chi connectivity index (χ3v) is 9.53. The van der Waals surface area contributed by atoms with E-state index in [-0.39, 0.29) is 0 Å². The number of carbonyl (C=O) groups is 2. The third-order valence-electron chi connectivity index (χ3n) is 9.53. The van der Waals surface area contributed by atoms with E-state index in [0.29, 0.717) is 74.5 Å². The molecule has 1 aromatic heterocycles. The monoisotopic (exact) mass is 727 g/mol. The van der Waals surface area contributed by atoms with Crippen LogP contribution in [0.5, 0.6) is 17.2 Å². The maximum absolute atomic E-state index is 14.3. The van der Waals surface area contributed by atoms with Crippen molar-refractivity contribution < 1.29 is 28.5 Å². The van der Waals surface area contributed by atoms with Gasteiger partial charge in [-0.15, -0.1) is 0 Å². The summed E-state index contributed by atoms with van der Waals surface area (Å²) in [5.41, 5.74) is 3.45. The van der Waals surface area contributed by atoms with Gasteiger partial charge in [0.1, 0.15) is 17.2 Å². The summed E-state index contributed by atoms with van der Waals surface area (Å²) in [5, 5.41) is 1.29. The van der Waals surface area contributed by atoms with Gasteiger partial charge in [0.2, 0.25) is 0 Å². The summed E-state index contributed by atoms with van der Waals surface area (Å²) in [4.78, 5) is 35.9. The summed E-state index contributed by atoms with van der Waals surface area (Å²) in [6.45, 7) is 7.11. The number of esters is 2. The molecule has 0 radical (unpaired) electrons. The van der Waals surface area contributed by atoms with Crippen LogP contribution >= 0.6 is 0 Å². The first-order valence-electron chi connectivity index (χ1n) is 19.4. The van der Waals surface area contributed by atoms with E-state index in [0.717, 1.165) is 38.8 Å². The van der Waals surface area contributed by atoms with E-state index in [1.165, 1.54) is 58.5 Å². The molecule has 0 N–H and O–H groups in total. The first-order valence-corrected chi connectivity index (χ1v) is 19.4. The van der Waals surface area contributed by atoms with Gasteiger partial charge in [-0.05, 0) is 140 Å². The first kappa shape index (κ1) is 41.5. The van der Waals surface area contributed by atoms with Gasteiger partial charge in [-0.25, -0.2) is 14.6 Å². The van der Waals surface area contributed by atoms with Crippen LogP contribution in [-0.2, 0) is 4.74 Å². The smallest absolute Gasteiger partial charge is 0.344 e. The Morgan fingerprint density at radius 2 is 1.02 bits per heavy atom. The number of fused-ring (bicyclic) bond motifs is 2. The number of unbranched alkanes of at least 4 members (excludes halogenated alkanes) is 10. The fraction of sp³-hybridized carbons (Fsp3) is 0.523. The summed E-state index contributed by atoms with van der Waals surface area (Å²) in [6.07, 6.45) is 14.0. The Morgan fingerprint density at radius 1 is 0.585 bits per heavy atom. The lowest BCUT2D eigenvalue weighted by Crippen LogP contribution is -2.13. The number of aromatic nitrogens is 1. The molecule has 0 aliphatic heterocycles. The Balaban J connectivity index is 1.53. The van der Waals surface area contributed by atoms with Crippen LogP contribution in [0.4, 0.5) is 0 Å². The molecule has 4 rings (SSSR count). The van der Waals surface area contributed by atoms with Gasteiger partial charge in [0.25, 0.3) is 0 Å². The molecule has 288 valence electrons. The largest absolute Gasteiger partial charge is 0.494 e. The molecule has 0 atom stereocenters. The van der Waals surface area contributed by atoms with Gasteiger partial charge in [0, 0.05) is 10.8 Å². The average molecular weight is 728 g/mol. The molecule has 0 saturated carbocycles. The maximum Gasteiger partial charge on any atom is 0.344 e. The number of benzene rings is 3. The molecule has 9 heteroatoms. The number of nitrogens with zero attached hydrogens (tertiary/aromatic N) is 3. The van der Waals surface area contributed by atoms with Gasteiger partial charge in [0.15, 0.2) is 0 Å². The summed E-state index contributed by atoms with van der Waals surface area (Å²) < 4.78 is 23.5. The molecule has 3 aromatic carbocycles. The van der Waals surface area contributed by atoms with Gasteiger partial charge in [-0.2, -0.15) is 0 Å². The molecule has 0 aliphatic carbocycles. The van der Waals surface area contributed by atoms with Crippen LogP contribution in [0.3, 0.4) is 0 Å². The van der Waals surface area contributed by atoms with Crippen molar-refractivity contribution in [1.82, 2.24) is 14.8 Å². The zero-order valence-electron chi connectivity index (χ0n) is 33.2. The lowest BCUT2D eigenvalue weighted by atomic mass is 10.0. The fourth-order valence-electron chi connectivity index (χ4n) is 6.65. The van der Waals surface area contributed by atoms with Crippen molar-refractivity contribution in [3.05, 3.63) is 70.8 Å². The van der Waals surface area contributed by atoms with Crippen LogP contribution in [0.2, 0.25) is 0 Å². The molecule has 4 aromatic rings.